The highest BCUT2D eigenvalue weighted by Crippen LogP contribution is 2.27. The fourth-order valence-corrected chi connectivity index (χ4v) is 3.47. The molecule has 1 aromatic carbocycles. The summed E-state index contributed by atoms with van der Waals surface area (Å²) in [6, 6.07) is 10.0. The number of hydrogen-bond donors (Lipinski definition) is 0. The minimum Gasteiger partial charge on any atom is -0.294 e. The molecule has 1 aliphatic rings. The van der Waals surface area contributed by atoms with Gasteiger partial charge in [-0.3, -0.25) is 9.48 Å². The molecule has 1 fully saturated rings. The summed E-state index contributed by atoms with van der Waals surface area (Å²) in [5, 5.41) is 4.61. The largest absolute Gasteiger partial charge is 0.294 e. The van der Waals surface area contributed by atoms with Gasteiger partial charge in [-0.25, -0.2) is 0 Å². The van der Waals surface area contributed by atoms with E-state index in [1.54, 1.807) is 0 Å². The van der Waals surface area contributed by atoms with E-state index >= 15 is 0 Å². The summed E-state index contributed by atoms with van der Waals surface area (Å²) in [5.41, 5.74) is 1.59. The van der Waals surface area contributed by atoms with Crippen LogP contribution in [0.2, 0.25) is 0 Å². The van der Waals surface area contributed by atoms with Crippen molar-refractivity contribution in [1.29, 1.82) is 0 Å². The number of aromatic nitrogens is 2. The highest BCUT2D eigenvalue weighted by Gasteiger charge is 2.17. The zero-order chi connectivity index (χ0) is 14.7. The molecular weight excluding hydrogens is 328 g/mol. The molecule has 0 unspecified atom stereocenters. The van der Waals surface area contributed by atoms with Gasteiger partial charge in [0.1, 0.15) is 0 Å². The van der Waals surface area contributed by atoms with Gasteiger partial charge in [-0.05, 0) is 25.0 Å². The molecule has 0 spiro atoms. The van der Waals surface area contributed by atoms with Crippen LogP contribution in [0.3, 0.4) is 0 Å². The van der Waals surface area contributed by atoms with E-state index in [4.69, 9.17) is 0 Å². The molecule has 1 aromatic heterocycles. The van der Waals surface area contributed by atoms with Crippen LogP contribution < -0.4 is 0 Å². The van der Waals surface area contributed by atoms with Crippen molar-refractivity contribution in [2.45, 2.75) is 44.6 Å². The third-order valence-electron chi connectivity index (χ3n) is 4.13. The normalized spacial score (nSPS) is 16.0. The Kier molecular flexibility index (Phi) is 4.54. The lowest BCUT2D eigenvalue weighted by Gasteiger charge is -2.21. The van der Waals surface area contributed by atoms with Crippen molar-refractivity contribution in [3.8, 4) is 0 Å². The lowest BCUT2D eigenvalue weighted by Crippen LogP contribution is -2.14. The van der Waals surface area contributed by atoms with E-state index in [9.17, 15) is 4.79 Å². The zero-order valence-corrected chi connectivity index (χ0v) is 13.6. The fraction of sp³-hybridized carbons (Fsp3) is 0.412. The molecule has 0 amide bonds. The highest BCUT2D eigenvalue weighted by molar-refractivity contribution is 9.10. The lowest BCUT2D eigenvalue weighted by atomic mass is 9.96. The number of Topliss-reactive ketones (excluding diaryl/α,β-unsaturated/α-hetero) is 1. The van der Waals surface area contributed by atoms with Gasteiger partial charge < -0.3 is 0 Å². The van der Waals surface area contributed by atoms with Crippen LogP contribution in [-0.2, 0) is 6.42 Å². The smallest absolute Gasteiger partial charge is 0.170 e. The molecule has 3 nitrogen and oxygen atoms in total. The van der Waals surface area contributed by atoms with Gasteiger partial charge in [-0.15, -0.1) is 0 Å². The van der Waals surface area contributed by atoms with Gasteiger partial charge in [0, 0.05) is 16.2 Å². The van der Waals surface area contributed by atoms with Crippen LogP contribution >= 0.6 is 15.9 Å². The van der Waals surface area contributed by atoms with Crippen molar-refractivity contribution in [2.75, 3.05) is 0 Å². The SMILES string of the molecule is O=C(Cc1ccn(C2CCCCC2)n1)c1ccccc1Br. The summed E-state index contributed by atoms with van der Waals surface area (Å²) < 4.78 is 2.91. The number of rotatable bonds is 4. The van der Waals surface area contributed by atoms with Crippen LogP contribution in [0.4, 0.5) is 0 Å². The number of halogens is 1. The van der Waals surface area contributed by atoms with Gasteiger partial charge in [0.25, 0.3) is 0 Å². The molecule has 2 aromatic rings. The van der Waals surface area contributed by atoms with Crippen molar-refractivity contribution in [1.82, 2.24) is 9.78 Å². The average Bonchev–Trinajstić information content (AvgIpc) is 2.97. The molecule has 0 aliphatic heterocycles. The van der Waals surface area contributed by atoms with Crippen LogP contribution in [0.1, 0.15) is 54.2 Å². The summed E-state index contributed by atoms with van der Waals surface area (Å²) in [5.74, 6) is 0.108. The van der Waals surface area contributed by atoms with E-state index in [0.717, 1.165) is 15.7 Å². The van der Waals surface area contributed by atoms with E-state index in [-0.39, 0.29) is 5.78 Å². The molecule has 0 atom stereocenters. The topological polar surface area (TPSA) is 34.9 Å². The Bertz CT molecular complexity index is 629. The van der Waals surface area contributed by atoms with Crippen molar-refractivity contribution in [3.63, 3.8) is 0 Å². The first-order chi connectivity index (χ1) is 10.2. The van der Waals surface area contributed by atoms with E-state index in [2.05, 4.69) is 25.7 Å². The second kappa shape index (κ2) is 6.56. The van der Waals surface area contributed by atoms with Crippen LogP contribution in [0, 0.1) is 0 Å². The molecular formula is C17H19BrN2O. The predicted octanol–water partition coefficient (Wildman–Crippen LogP) is 4.58. The molecule has 1 aliphatic carbocycles. The maximum absolute atomic E-state index is 12.3. The van der Waals surface area contributed by atoms with Gasteiger partial charge in [0.2, 0.25) is 0 Å². The maximum Gasteiger partial charge on any atom is 0.170 e. The van der Waals surface area contributed by atoms with Gasteiger partial charge >= 0.3 is 0 Å². The van der Waals surface area contributed by atoms with E-state index in [1.807, 2.05) is 36.5 Å². The van der Waals surface area contributed by atoms with Crippen molar-refractivity contribution >= 4 is 21.7 Å². The van der Waals surface area contributed by atoms with Gasteiger partial charge in [0.15, 0.2) is 5.78 Å². The monoisotopic (exact) mass is 346 g/mol. The number of nitrogens with zero attached hydrogens (tertiary/aromatic N) is 2. The molecule has 4 heteroatoms. The molecule has 0 saturated heterocycles. The Morgan fingerprint density at radius 2 is 1.95 bits per heavy atom. The van der Waals surface area contributed by atoms with Gasteiger partial charge in [-0.1, -0.05) is 53.4 Å². The Hall–Kier alpha value is -1.42. The summed E-state index contributed by atoms with van der Waals surface area (Å²) in [6.45, 7) is 0. The number of carbonyl (C=O) groups is 1. The average molecular weight is 347 g/mol. The van der Waals surface area contributed by atoms with E-state index in [0.29, 0.717) is 12.5 Å². The summed E-state index contributed by atoms with van der Waals surface area (Å²) in [6.07, 6.45) is 8.72. The van der Waals surface area contributed by atoms with Crippen LogP contribution in [-0.4, -0.2) is 15.6 Å². The second-order valence-electron chi connectivity index (χ2n) is 5.66. The van der Waals surface area contributed by atoms with Crippen LogP contribution in [0.5, 0.6) is 0 Å². The Balaban J connectivity index is 1.69. The quantitative estimate of drug-likeness (QED) is 0.759. The molecule has 1 saturated carbocycles. The zero-order valence-electron chi connectivity index (χ0n) is 12.0. The summed E-state index contributed by atoms with van der Waals surface area (Å²) in [4.78, 5) is 12.3. The van der Waals surface area contributed by atoms with Crippen molar-refractivity contribution in [2.24, 2.45) is 0 Å². The van der Waals surface area contributed by atoms with Gasteiger partial charge in [-0.2, -0.15) is 5.10 Å². The molecule has 21 heavy (non-hydrogen) atoms. The van der Waals surface area contributed by atoms with E-state index < -0.39 is 0 Å². The molecule has 0 radical (unpaired) electrons. The predicted molar refractivity (Wildman–Crippen MR) is 86.5 cm³/mol. The first-order valence-corrected chi connectivity index (χ1v) is 8.35. The Labute approximate surface area is 133 Å². The van der Waals surface area contributed by atoms with Crippen LogP contribution in [0.25, 0.3) is 0 Å². The Morgan fingerprint density at radius 1 is 1.19 bits per heavy atom. The second-order valence-corrected chi connectivity index (χ2v) is 6.51. The van der Waals surface area contributed by atoms with Gasteiger partial charge in [0.05, 0.1) is 18.2 Å². The van der Waals surface area contributed by atoms with E-state index in [1.165, 1.54) is 32.1 Å². The fourth-order valence-electron chi connectivity index (χ4n) is 2.97. The van der Waals surface area contributed by atoms with Crippen molar-refractivity contribution < 1.29 is 4.79 Å². The third-order valence-corrected chi connectivity index (χ3v) is 4.82. The first kappa shape index (κ1) is 14.5. The highest BCUT2D eigenvalue weighted by atomic mass is 79.9. The maximum atomic E-state index is 12.3. The molecule has 3 rings (SSSR count). The summed E-state index contributed by atoms with van der Waals surface area (Å²) in [7, 11) is 0. The lowest BCUT2D eigenvalue weighted by molar-refractivity contribution is 0.0991. The molecule has 110 valence electrons. The third kappa shape index (κ3) is 3.43. The number of hydrogen-bond acceptors (Lipinski definition) is 2. The van der Waals surface area contributed by atoms with Crippen molar-refractivity contribution in [3.05, 3.63) is 52.3 Å². The number of carbonyl (C=O) groups excluding carboxylic acids is 1. The minimum absolute atomic E-state index is 0.108. The Morgan fingerprint density at radius 3 is 2.71 bits per heavy atom. The molecule has 0 N–H and O–H groups in total. The minimum atomic E-state index is 0.108. The number of ketones is 1. The van der Waals surface area contributed by atoms with Crippen LogP contribution in [0.15, 0.2) is 41.0 Å². The number of benzene rings is 1. The standard InChI is InChI=1S/C17H19BrN2O/c18-16-9-5-4-8-15(16)17(21)12-13-10-11-20(19-13)14-6-2-1-3-7-14/h4-5,8-11,14H,1-3,6-7,12H2. The summed E-state index contributed by atoms with van der Waals surface area (Å²) >= 11 is 3.43. The molecule has 1 heterocycles. The molecule has 0 bridgehead atoms. The first-order valence-electron chi connectivity index (χ1n) is 7.56.